The summed E-state index contributed by atoms with van der Waals surface area (Å²) in [5.74, 6) is 0.683. The molecule has 0 aliphatic carbocycles. The molecule has 3 aromatic rings. The molecule has 0 saturated carbocycles. The highest BCUT2D eigenvalue weighted by Crippen LogP contribution is 2.32. The smallest absolute Gasteiger partial charge is 0.340 e. The number of benzene rings is 1. The van der Waals surface area contributed by atoms with E-state index in [1.54, 1.807) is 18.2 Å². The Hall–Kier alpha value is -3.49. The Labute approximate surface area is 142 Å². The summed E-state index contributed by atoms with van der Waals surface area (Å²) in [5.41, 5.74) is 7.69. The fourth-order valence-electron chi connectivity index (χ4n) is 2.62. The number of aromatic hydroxyl groups is 1. The number of nitrogens with one attached hydrogen (secondary N) is 1. The van der Waals surface area contributed by atoms with E-state index in [1.165, 1.54) is 12.4 Å². The van der Waals surface area contributed by atoms with E-state index in [0.29, 0.717) is 36.3 Å². The average molecular weight is 340 g/mol. The maximum absolute atomic E-state index is 10.7. The monoisotopic (exact) mass is 340 g/mol. The van der Waals surface area contributed by atoms with Crippen LogP contribution in [0.5, 0.6) is 5.75 Å². The number of hydrogen-bond acceptors (Lipinski definition) is 7. The molecule has 25 heavy (non-hydrogen) atoms. The van der Waals surface area contributed by atoms with Gasteiger partial charge in [0.1, 0.15) is 11.9 Å². The molecule has 2 heterocycles. The third kappa shape index (κ3) is 3.71. The van der Waals surface area contributed by atoms with Crippen molar-refractivity contribution in [3.05, 3.63) is 58.2 Å². The van der Waals surface area contributed by atoms with E-state index in [4.69, 9.17) is 5.73 Å². The van der Waals surface area contributed by atoms with Gasteiger partial charge in [0.15, 0.2) is 5.82 Å². The van der Waals surface area contributed by atoms with Crippen molar-refractivity contribution in [3.63, 3.8) is 0 Å². The lowest BCUT2D eigenvalue weighted by Crippen LogP contribution is -1.99. The van der Waals surface area contributed by atoms with Crippen LogP contribution < -0.4 is 5.73 Å². The highest BCUT2D eigenvalue weighted by atomic mass is 16.6. The summed E-state index contributed by atoms with van der Waals surface area (Å²) >= 11 is 0. The number of nitrogens with two attached hydrogens (primary N) is 1. The van der Waals surface area contributed by atoms with Gasteiger partial charge in [0.25, 0.3) is 0 Å². The minimum atomic E-state index is -0.511. The van der Waals surface area contributed by atoms with E-state index in [-0.39, 0.29) is 17.5 Å². The Balaban J connectivity index is 1.76. The summed E-state index contributed by atoms with van der Waals surface area (Å²) in [6, 6.07) is 6.94. The Morgan fingerprint density at radius 2 is 2.08 bits per heavy atom. The maximum atomic E-state index is 10.7. The minimum absolute atomic E-state index is 0.115. The van der Waals surface area contributed by atoms with Crippen LogP contribution in [-0.4, -0.2) is 30.0 Å². The van der Waals surface area contributed by atoms with Crippen LogP contribution in [0, 0.1) is 10.1 Å². The summed E-state index contributed by atoms with van der Waals surface area (Å²) < 4.78 is 0. The van der Waals surface area contributed by atoms with E-state index < -0.39 is 4.92 Å². The molecule has 0 radical (unpaired) electrons. The molecule has 128 valence electrons. The number of hydrogen-bond donors (Lipinski definition) is 3. The van der Waals surface area contributed by atoms with Crippen molar-refractivity contribution in [3.8, 4) is 17.0 Å². The predicted octanol–water partition coefficient (Wildman–Crippen LogP) is 2.24. The zero-order valence-corrected chi connectivity index (χ0v) is 13.2. The predicted molar refractivity (Wildman–Crippen MR) is 90.8 cm³/mol. The number of aromatic amines is 1. The van der Waals surface area contributed by atoms with Crippen molar-refractivity contribution in [2.24, 2.45) is 0 Å². The quantitative estimate of drug-likeness (QED) is 0.461. The molecule has 9 nitrogen and oxygen atoms in total. The van der Waals surface area contributed by atoms with Gasteiger partial charge < -0.3 is 21.0 Å². The van der Waals surface area contributed by atoms with Crippen LogP contribution in [0.25, 0.3) is 11.3 Å². The summed E-state index contributed by atoms with van der Waals surface area (Å²) in [5, 5.41) is 20.9. The van der Waals surface area contributed by atoms with Crippen molar-refractivity contribution >= 4 is 11.8 Å². The highest BCUT2D eigenvalue weighted by molar-refractivity contribution is 5.71. The molecule has 0 spiro atoms. The molecule has 0 fully saturated rings. The van der Waals surface area contributed by atoms with Crippen molar-refractivity contribution in [1.29, 1.82) is 0 Å². The number of imidazole rings is 1. The van der Waals surface area contributed by atoms with Crippen LogP contribution >= 0.6 is 0 Å². The van der Waals surface area contributed by atoms with Crippen LogP contribution in [0.2, 0.25) is 0 Å². The van der Waals surface area contributed by atoms with Crippen LogP contribution in [-0.2, 0) is 12.8 Å². The van der Waals surface area contributed by atoms with Gasteiger partial charge in [-0.2, -0.15) is 0 Å². The van der Waals surface area contributed by atoms with Gasteiger partial charge in [-0.05, 0) is 35.5 Å². The van der Waals surface area contributed by atoms with Gasteiger partial charge in [-0.1, -0.05) is 12.1 Å². The van der Waals surface area contributed by atoms with Gasteiger partial charge >= 0.3 is 5.82 Å². The molecule has 4 N–H and O–H groups in total. The summed E-state index contributed by atoms with van der Waals surface area (Å²) in [7, 11) is 0. The van der Waals surface area contributed by atoms with Gasteiger partial charge in [-0.3, -0.25) is 0 Å². The fourth-order valence-corrected chi connectivity index (χ4v) is 2.62. The summed E-state index contributed by atoms with van der Waals surface area (Å²) in [6.07, 6.45) is 4.63. The van der Waals surface area contributed by atoms with Gasteiger partial charge in [0.2, 0.25) is 5.95 Å². The molecule has 0 atom stereocenters. The lowest BCUT2D eigenvalue weighted by molar-refractivity contribution is -0.389. The molecule has 0 unspecified atom stereocenters. The third-order valence-electron chi connectivity index (χ3n) is 3.73. The molecular weight excluding hydrogens is 324 g/mol. The first-order chi connectivity index (χ1) is 12.0. The Morgan fingerprint density at radius 1 is 1.24 bits per heavy atom. The number of rotatable bonds is 6. The number of nitrogen functional groups attached to an aromatic ring is 1. The third-order valence-corrected chi connectivity index (χ3v) is 3.73. The fraction of sp³-hybridized carbons (Fsp3) is 0.188. The molecule has 9 heteroatoms. The molecule has 1 aromatic carbocycles. The van der Waals surface area contributed by atoms with Gasteiger partial charge in [-0.25, -0.2) is 19.9 Å². The summed E-state index contributed by atoms with van der Waals surface area (Å²) in [4.78, 5) is 24.8. The highest BCUT2D eigenvalue weighted by Gasteiger charge is 2.14. The topological polar surface area (TPSA) is 144 Å². The lowest BCUT2D eigenvalue weighted by Gasteiger charge is -2.11. The molecular formula is C16H16N6O3. The number of anilines is 1. The van der Waals surface area contributed by atoms with E-state index >= 15 is 0 Å². The number of phenols is 1. The zero-order chi connectivity index (χ0) is 17.8. The van der Waals surface area contributed by atoms with Crippen LogP contribution in [0.4, 0.5) is 11.8 Å². The van der Waals surface area contributed by atoms with Crippen molar-refractivity contribution < 1.29 is 10.0 Å². The molecule has 2 aromatic heterocycles. The SMILES string of the molecule is Nc1nccc(-c2c(O)cccc2CCCc2ncc([N+](=O)[O-])[nH]2)n1. The molecule has 0 amide bonds. The Kier molecular flexibility index (Phi) is 4.55. The first-order valence-electron chi connectivity index (χ1n) is 7.62. The first-order valence-corrected chi connectivity index (χ1v) is 7.62. The molecule has 0 aliphatic rings. The molecule has 0 bridgehead atoms. The van der Waals surface area contributed by atoms with Gasteiger partial charge in [0, 0.05) is 18.2 Å². The standard InChI is InChI=1S/C16H16N6O3/c17-16-18-8-7-11(20-16)15-10(3-1-5-12(15)23)4-2-6-13-19-9-14(21-13)22(24)25/h1,3,5,7-9,23H,2,4,6H2,(H,19,21)(H2,17,18,20). The van der Waals surface area contributed by atoms with E-state index in [0.717, 1.165) is 5.56 Å². The maximum Gasteiger partial charge on any atom is 0.340 e. The molecule has 0 saturated heterocycles. The van der Waals surface area contributed by atoms with Gasteiger partial charge in [0.05, 0.1) is 5.69 Å². The molecule has 0 aliphatic heterocycles. The van der Waals surface area contributed by atoms with E-state index in [9.17, 15) is 15.2 Å². The van der Waals surface area contributed by atoms with Crippen LogP contribution in [0.1, 0.15) is 17.8 Å². The Bertz CT molecular complexity index is 908. The summed E-state index contributed by atoms with van der Waals surface area (Å²) in [6.45, 7) is 0. The van der Waals surface area contributed by atoms with Crippen LogP contribution in [0.3, 0.4) is 0 Å². The van der Waals surface area contributed by atoms with Crippen molar-refractivity contribution in [2.75, 3.05) is 5.73 Å². The van der Waals surface area contributed by atoms with Crippen LogP contribution in [0.15, 0.2) is 36.7 Å². The van der Waals surface area contributed by atoms with E-state index in [1.807, 2.05) is 6.07 Å². The number of phenolic OH excluding ortho intramolecular Hbond substituents is 1. The van der Waals surface area contributed by atoms with Gasteiger partial charge in [-0.15, -0.1) is 0 Å². The number of nitrogens with zero attached hydrogens (tertiary/aromatic N) is 4. The second kappa shape index (κ2) is 6.95. The Morgan fingerprint density at radius 3 is 2.80 bits per heavy atom. The zero-order valence-electron chi connectivity index (χ0n) is 13.2. The normalized spacial score (nSPS) is 10.7. The van der Waals surface area contributed by atoms with Crippen molar-refractivity contribution in [1.82, 2.24) is 19.9 Å². The van der Waals surface area contributed by atoms with Crippen molar-refractivity contribution in [2.45, 2.75) is 19.3 Å². The minimum Gasteiger partial charge on any atom is -0.507 e. The number of nitro groups is 1. The average Bonchev–Trinajstić information content (AvgIpc) is 3.04. The number of aromatic nitrogens is 4. The lowest BCUT2D eigenvalue weighted by atomic mass is 9.98. The number of H-pyrrole nitrogens is 1. The van der Waals surface area contributed by atoms with E-state index in [2.05, 4.69) is 19.9 Å². The second-order valence-electron chi connectivity index (χ2n) is 5.44. The molecule has 3 rings (SSSR count). The first kappa shape index (κ1) is 16.4. The largest absolute Gasteiger partial charge is 0.507 e. The number of aryl methyl sites for hydroxylation is 2. The second-order valence-corrected chi connectivity index (χ2v) is 5.44.